The number of benzene rings is 2. The number of para-hydroxylation sites is 2. The Bertz CT molecular complexity index is 677. The highest BCUT2D eigenvalue weighted by molar-refractivity contribution is 5.81. The maximum Gasteiger partial charge on any atom is 0.222 e. The summed E-state index contributed by atoms with van der Waals surface area (Å²) in [6, 6.07) is 16.0. The smallest absolute Gasteiger partial charge is 0.222 e. The molecular formula is C15H14N4. The zero-order chi connectivity index (χ0) is 13.1. The Labute approximate surface area is 111 Å². The third-order valence-electron chi connectivity index (χ3n) is 2.85. The van der Waals surface area contributed by atoms with Crippen LogP contribution in [-0.4, -0.2) is 16.2 Å². The highest BCUT2D eigenvalue weighted by atomic mass is 15.3. The van der Waals surface area contributed by atoms with Gasteiger partial charge in [0.1, 0.15) is 0 Å². The second-order valence-electron chi connectivity index (χ2n) is 4.38. The first-order valence-electron chi connectivity index (χ1n) is 6.12. The van der Waals surface area contributed by atoms with Gasteiger partial charge in [-0.25, -0.2) is 10.4 Å². The number of fused-ring (bicyclic) bond motifs is 1. The van der Waals surface area contributed by atoms with Crippen LogP contribution in [0.15, 0.2) is 53.6 Å². The summed E-state index contributed by atoms with van der Waals surface area (Å²) in [5, 5.41) is 4.17. The van der Waals surface area contributed by atoms with E-state index in [1.807, 2.05) is 36.4 Å². The van der Waals surface area contributed by atoms with E-state index in [4.69, 9.17) is 0 Å². The molecule has 2 N–H and O–H groups in total. The van der Waals surface area contributed by atoms with Crippen LogP contribution < -0.4 is 5.43 Å². The maximum absolute atomic E-state index is 4.38. The number of imidazole rings is 1. The molecule has 3 aromatic rings. The topological polar surface area (TPSA) is 53.1 Å². The quantitative estimate of drug-likeness (QED) is 0.553. The highest BCUT2D eigenvalue weighted by Crippen LogP contribution is 2.13. The molecule has 0 aliphatic rings. The summed E-state index contributed by atoms with van der Waals surface area (Å²) in [5.74, 6) is 0.643. The van der Waals surface area contributed by atoms with Crippen LogP contribution in [0.2, 0.25) is 0 Å². The zero-order valence-corrected chi connectivity index (χ0v) is 10.6. The number of aryl methyl sites for hydroxylation is 1. The van der Waals surface area contributed by atoms with Crippen molar-refractivity contribution in [2.24, 2.45) is 5.10 Å². The first kappa shape index (κ1) is 11.5. The number of hydrogen-bond donors (Lipinski definition) is 2. The molecule has 0 saturated heterocycles. The average Bonchev–Trinajstić information content (AvgIpc) is 2.83. The van der Waals surface area contributed by atoms with Crippen molar-refractivity contribution in [3.63, 3.8) is 0 Å². The van der Waals surface area contributed by atoms with E-state index in [2.05, 4.69) is 39.6 Å². The van der Waals surface area contributed by atoms with Crippen LogP contribution in [0.1, 0.15) is 11.1 Å². The van der Waals surface area contributed by atoms with Crippen molar-refractivity contribution >= 4 is 23.2 Å². The average molecular weight is 250 g/mol. The van der Waals surface area contributed by atoms with Crippen LogP contribution in [-0.2, 0) is 0 Å². The first-order chi connectivity index (χ1) is 9.31. The Morgan fingerprint density at radius 1 is 1.11 bits per heavy atom. The van der Waals surface area contributed by atoms with Gasteiger partial charge in [0, 0.05) is 0 Å². The number of aromatic amines is 1. The van der Waals surface area contributed by atoms with Gasteiger partial charge in [0.25, 0.3) is 0 Å². The molecule has 19 heavy (non-hydrogen) atoms. The third kappa shape index (κ3) is 2.63. The normalized spacial score (nSPS) is 11.2. The molecule has 0 aliphatic heterocycles. The molecule has 94 valence electrons. The summed E-state index contributed by atoms with van der Waals surface area (Å²) < 4.78 is 0. The number of aromatic nitrogens is 2. The van der Waals surface area contributed by atoms with Gasteiger partial charge in [0.05, 0.1) is 17.2 Å². The molecule has 1 aromatic heterocycles. The van der Waals surface area contributed by atoms with Gasteiger partial charge in [0.2, 0.25) is 5.95 Å². The summed E-state index contributed by atoms with van der Waals surface area (Å²) in [7, 11) is 0. The minimum Gasteiger partial charge on any atom is -0.323 e. The lowest BCUT2D eigenvalue weighted by molar-refractivity contribution is 1.21. The Kier molecular flexibility index (Phi) is 2.98. The van der Waals surface area contributed by atoms with E-state index in [1.54, 1.807) is 6.21 Å². The SMILES string of the molecule is Cc1ccc(/C=N/Nc2nc3ccccc3[nH]2)cc1. The summed E-state index contributed by atoms with van der Waals surface area (Å²) in [6.07, 6.45) is 1.77. The van der Waals surface area contributed by atoms with Gasteiger partial charge in [-0.1, -0.05) is 42.0 Å². The number of H-pyrrole nitrogens is 1. The van der Waals surface area contributed by atoms with Crippen molar-refractivity contribution in [1.29, 1.82) is 0 Å². The van der Waals surface area contributed by atoms with Crippen molar-refractivity contribution in [3.05, 3.63) is 59.7 Å². The molecule has 0 bridgehead atoms. The minimum atomic E-state index is 0.643. The summed E-state index contributed by atoms with van der Waals surface area (Å²) in [6.45, 7) is 2.06. The van der Waals surface area contributed by atoms with Gasteiger partial charge in [-0.15, -0.1) is 0 Å². The van der Waals surface area contributed by atoms with Crippen LogP contribution in [0.3, 0.4) is 0 Å². The van der Waals surface area contributed by atoms with E-state index >= 15 is 0 Å². The number of anilines is 1. The van der Waals surface area contributed by atoms with Crippen molar-refractivity contribution in [3.8, 4) is 0 Å². The van der Waals surface area contributed by atoms with E-state index in [1.165, 1.54) is 5.56 Å². The Hall–Kier alpha value is -2.62. The highest BCUT2D eigenvalue weighted by Gasteiger charge is 1.99. The fourth-order valence-corrected chi connectivity index (χ4v) is 1.83. The van der Waals surface area contributed by atoms with Crippen LogP contribution in [0.5, 0.6) is 0 Å². The zero-order valence-electron chi connectivity index (χ0n) is 10.6. The number of hydrogen-bond acceptors (Lipinski definition) is 3. The van der Waals surface area contributed by atoms with Crippen LogP contribution >= 0.6 is 0 Å². The Morgan fingerprint density at radius 2 is 1.89 bits per heavy atom. The van der Waals surface area contributed by atoms with Crippen molar-refractivity contribution in [2.75, 3.05) is 5.43 Å². The second kappa shape index (κ2) is 4.94. The molecule has 0 unspecified atom stereocenters. The van der Waals surface area contributed by atoms with Crippen LogP contribution in [0.4, 0.5) is 5.95 Å². The van der Waals surface area contributed by atoms with Crippen molar-refractivity contribution < 1.29 is 0 Å². The molecule has 0 radical (unpaired) electrons. The number of nitrogens with one attached hydrogen (secondary N) is 2. The van der Waals surface area contributed by atoms with Crippen molar-refractivity contribution in [1.82, 2.24) is 9.97 Å². The molecule has 0 atom stereocenters. The Balaban J connectivity index is 1.73. The molecule has 3 rings (SSSR count). The van der Waals surface area contributed by atoms with Gasteiger partial charge < -0.3 is 4.98 Å². The van der Waals surface area contributed by atoms with E-state index in [0.717, 1.165) is 16.6 Å². The molecule has 0 saturated carbocycles. The molecule has 2 aromatic carbocycles. The van der Waals surface area contributed by atoms with Gasteiger partial charge in [-0.2, -0.15) is 5.10 Å². The van der Waals surface area contributed by atoms with Crippen molar-refractivity contribution in [2.45, 2.75) is 6.92 Å². The molecule has 4 nitrogen and oxygen atoms in total. The van der Waals surface area contributed by atoms with Gasteiger partial charge in [-0.3, -0.25) is 0 Å². The minimum absolute atomic E-state index is 0.643. The molecule has 0 spiro atoms. The van der Waals surface area contributed by atoms with Crippen LogP contribution in [0, 0.1) is 6.92 Å². The lowest BCUT2D eigenvalue weighted by atomic mass is 10.2. The van der Waals surface area contributed by atoms with Gasteiger partial charge in [0.15, 0.2) is 0 Å². The molecule has 0 aliphatic carbocycles. The number of hydrazone groups is 1. The summed E-state index contributed by atoms with van der Waals surface area (Å²) in [4.78, 5) is 7.53. The van der Waals surface area contributed by atoms with E-state index in [-0.39, 0.29) is 0 Å². The largest absolute Gasteiger partial charge is 0.323 e. The summed E-state index contributed by atoms with van der Waals surface area (Å²) in [5.41, 5.74) is 7.11. The molecule has 1 heterocycles. The molecule has 0 fully saturated rings. The lowest BCUT2D eigenvalue weighted by Gasteiger charge is -1.95. The number of nitrogens with zero attached hydrogens (tertiary/aromatic N) is 2. The van der Waals surface area contributed by atoms with Gasteiger partial charge in [-0.05, 0) is 24.6 Å². The molecular weight excluding hydrogens is 236 g/mol. The first-order valence-corrected chi connectivity index (χ1v) is 6.12. The monoisotopic (exact) mass is 250 g/mol. The van der Waals surface area contributed by atoms with E-state index in [9.17, 15) is 0 Å². The fraction of sp³-hybridized carbons (Fsp3) is 0.0667. The lowest BCUT2D eigenvalue weighted by Crippen LogP contribution is -1.92. The van der Waals surface area contributed by atoms with Crippen LogP contribution in [0.25, 0.3) is 11.0 Å². The van der Waals surface area contributed by atoms with Gasteiger partial charge >= 0.3 is 0 Å². The number of rotatable bonds is 3. The molecule has 4 heteroatoms. The predicted octanol–water partition coefficient (Wildman–Crippen LogP) is 3.32. The van der Waals surface area contributed by atoms with E-state index < -0.39 is 0 Å². The molecule has 0 amide bonds. The third-order valence-corrected chi connectivity index (χ3v) is 2.85. The summed E-state index contributed by atoms with van der Waals surface area (Å²) >= 11 is 0. The Morgan fingerprint density at radius 3 is 2.68 bits per heavy atom. The van der Waals surface area contributed by atoms with E-state index in [0.29, 0.717) is 5.95 Å². The second-order valence-corrected chi connectivity index (χ2v) is 4.38. The predicted molar refractivity (Wildman–Crippen MR) is 78.5 cm³/mol. The maximum atomic E-state index is 4.38. The standard InChI is InChI=1S/C15H14N4/c1-11-6-8-12(9-7-11)10-16-19-15-17-13-4-2-3-5-14(13)18-15/h2-10H,1H3,(H2,17,18,19)/b16-10+. The fourth-order valence-electron chi connectivity index (χ4n) is 1.83.